The summed E-state index contributed by atoms with van der Waals surface area (Å²) in [5.74, 6) is 5.66. The van der Waals surface area contributed by atoms with Gasteiger partial charge in [-0.25, -0.2) is 0 Å². The molecular formula is C5H12N4. The fourth-order valence-corrected chi connectivity index (χ4v) is 0.498. The Balaban J connectivity index is 3.94. The fraction of sp³-hybridized carbons (Fsp3) is 0.600. The van der Waals surface area contributed by atoms with E-state index in [9.17, 15) is 0 Å². The van der Waals surface area contributed by atoms with Gasteiger partial charge < -0.3 is 5.84 Å². The number of rotatable bonds is 2. The highest BCUT2D eigenvalue weighted by Crippen LogP contribution is 1.88. The van der Waals surface area contributed by atoms with Crippen molar-refractivity contribution in [2.24, 2.45) is 16.0 Å². The van der Waals surface area contributed by atoms with E-state index in [1.54, 1.807) is 11.9 Å². The van der Waals surface area contributed by atoms with Crippen molar-refractivity contribution in [3.8, 4) is 0 Å². The van der Waals surface area contributed by atoms with Crippen LogP contribution in [-0.4, -0.2) is 24.1 Å². The molecule has 0 aliphatic rings. The van der Waals surface area contributed by atoms with Crippen LogP contribution in [0.1, 0.15) is 13.8 Å². The molecule has 0 radical (unpaired) electrons. The zero-order valence-electron chi connectivity index (χ0n) is 5.83. The molecule has 4 nitrogen and oxygen atoms in total. The zero-order valence-corrected chi connectivity index (χ0v) is 5.83. The van der Waals surface area contributed by atoms with Gasteiger partial charge in [0.2, 0.25) is 0 Å². The predicted molar refractivity (Wildman–Crippen MR) is 39.2 cm³/mol. The van der Waals surface area contributed by atoms with Crippen LogP contribution < -0.4 is 5.84 Å². The summed E-state index contributed by atoms with van der Waals surface area (Å²) in [6, 6.07) is 0. The van der Waals surface area contributed by atoms with E-state index in [1.165, 1.54) is 0 Å². The molecule has 0 aromatic rings. The van der Waals surface area contributed by atoms with Crippen molar-refractivity contribution in [1.82, 2.24) is 5.01 Å². The minimum Gasteiger partial charge on any atom is -0.322 e. The Morgan fingerprint density at radius 2 is 2.33 bits per heavy atom. The van der Waals surface area contributed by atoms with Crippen LogP contribution >= 0.6 is 0 Å². The van der Waals surface area contributed by atoms with Crippen molar-refractivity contribution < 1.29 is 0 Å². The third kappa shape index (κ3) is 2.12. The lowest BCUT2D eigenvalue weighted by Gasteiger charge is -2.12. The van der Waals surface area contributed by atoms with Gasteiger partial charge in [0, 0.05) is 13.3 Å². The van der Waals surface area contributed by atoms with Crippen LogP contribution in [0.25, 0.3) is 0 Å². The molecule has 0 unspecified atom stereocenters. The second-order valence-electron chi connectivity index (χ2n) is 1.53. The van der Waals surface area contributed by atoms with Crippen molar-refractivity contribution in [2.45, 2.75) is 13.8 Å². The maximum atomic E-state index is 4.98. The molecule has 0 rings (SSSR count). The van der Waals surface area contributed by atoms with Crippen LogP contribution in [0.15, 0.2) is 10.2 Å². The summed E-state index contributed by atoms with van der Waals surface area (Å²) in [6.07, 6.45) is 0. The van der Waals surface area contributed by atoms with E-state index in [1.807, 2.05) is 6.92 Å². The highest BCUT2D eigenvalue weighted by atomic mass is 15.5. The van der Waals surface area contributed by atoms with E-state index < -0.39 is 0 Å². The Morgan fingerprint density at radius 1 is 1.78 bits per heavy atom. The van der Waals surface area contributed by atoms with Gasteiger partial charge in [0.25, 0.3) is 0 Å². The number of nitrogens with zero attached hydrogens (tertiary/aromatic N) is 3. The van der Waals surface area contributed by atoms with Crippen LogP contribution in [-0.2, 0) is 0 Å². The monoisotopic (exact) mass is 128 g/mol. The highest BCUT2D eigenvalue weighted by molar-refractivity contribution is 5.79. The molecule has 4 heteroatoms. The van der Waals surface area contributed by atoms with Gasteiger partial charge in [0.15, 0.2) is 0 Å². The quantitative estimate of drug-likeness (QED) is 0.250. The number of amidine groups is 1. The number of hydrazone groups is 2. The fourth-order valence-electron chi connectivity index (χ4n) is 0.498. The first kappa shape index (κ1) is 7.94. The van der Waals surface area contributed by atoms with Crippen LogP contribution in [0.3, 0.4) is 0 Å². The lowest BCUT2D eigenvalue weighted by molar-refractivity contribution is 0.470. The molecule has 9 heavy (non-hydrogen) atoms. The van der Waals surface area contributed by atoms with Crippen LogP contribution in [0.4, 0.5) is 0 Å². The third-order valence-electron chi connectivity index (χ3n) is 1.03. The minimum atomic E-state index is 0.674. The first-order valence-electron chi connectivity index (χ1n) is 2.74. The summed E-state index contributed by atoms with van der Waals surface area (Å²) in [7, 11) is 0. The lowest BCUT2D eigenvalue weighted by Crippen LogP contribution is -2.23. The number of hydrogen-bond donors (Lipinski definition) is 1. The van der Waals surface area contributed by atoms with Gasteiger partial charge in [0.05, 0.1) is 0 Å². The predicted octanol–water partition coefficient (Wildman–Crippen LogP) is 0.216. The van der Waals surface area contributed by atoms with E-state index in [0.717, 1.165) is 6.54 Å². The van der Waals surface area contributed by atoms with Crippen molar-refractivity contribution in [2.75, 3.05) is 6.54 Å². The Labute approximate surface area is 55.0 Å². The third-order valence-corrected chi connectivity index (χ3v) is 1.03. The van der Waals surface area contributed by atoms with E-state index >= 15 is 0 Å². The van der Waals surface area contributed by atoms with Crippen LogP contribution in [0.2, 0.25) is 0 Å². The molecule has 0 heterocycles. The SMILES string of the molecule is C=NN(CC)/C(C)=N\N. The van der Waals surface area contributed by atoms with Crippen molar-refractivity contribution in [3.05, 3.63) is 0 Å². The molecule has 0 spiro atoms. The Morgan fingerprint density at radius 3 is 2.44 bits per heavy atom. The van der Waals surface area contributed by atoms with E-state index in [4.69, 9.17) is 5.84 Å². The average Bonchev–Trinajstić information content (AvgIpc) is 1.90. The van der Waals surface area contributed by atoms with E-state index in [0.29, 0.717) is 5.84 Å². The zero-order chi connectivity index (χ0) is 7.28. The topological polar surface area (TPSA) is 54.0 Å². The summed E-state index contributed by atoms with van der Waals surface area (Å²) in [6.45, 7) is 7.81. The van der Waals surface area contributed by atoms with Gasteiger partial charge in [0.1, 0.15) is 5.84 Å². The summed E-state index contributed by atoms with van der Waals surface area (Å²) in [5.41, 5.74) is 0. The Hall–Kier alpha value is -1.06. The van der Waals surface area contributed by atoms with Crippen molar-refractivity contribution >= 4 is 12.6 Å². The molecule has 0 aliphatic heterocycles. The molecule has 0 aliphatic carbocycles. The minimum absolute atomic E-state index is 0.674. The second-order valence-corrected chi connectivity index (χ2v) is 1.53. The first-order chi connectivity index (χ1) is 4.26. The van der Waals surface area contributed by atoms with Gasteiger partial charge in [-0.05, 0) is 13.8 Å². The lowest BCUT2D eigenvalue weighted by atomic mass is 10.6. The maximum absolute atomic E-state index is 4.98. The molecule has 0 aromatic heterocycles. The van der Waals surface area contributed by atoms with E-state index in [2.05, 4.69) is 16.9 Å². The van der Waals surface area contributed by atoms with Crippen LogP contribution in [0, 0.1) is 0 Å². The average molecular weight is 128 g/mol. The Kier molecular flexibility index (Phi) is 3.43. The maximum Gasteiger partial charge on any atom is 0.141 e. The molecule has 0 amide bonds. The van der Waals surface area contributed by atoms with Gasteiger partial charge in [-0.2, -0.15) is 10.2 Å². The largest absolute Gasteiger partial charge is 0.322 e. The first-order valence-corrected chi connectivity index (χ1v) is 2.74. The van der Waals surface area contributed by atoms with E-state index in [-0.39, 0.29) is 0 Å². The van der Waals surface area contributed by atoms with Crippen molar-refractivity contribution in [3.63, 3.8) is 0 Å². The molecule has 0 fully saturated rings. The second kappa shape index (κ2) is 3.88. The molecular weight excluding hydrogens is 116 g/mol. The smallest absolute Gasteiger partial charge is 0.141 e. The van der Waals surface area contributed by atoms with Gasteiger partial charge >= 0.3 is 0 Å². The molecule has 2 N–H and O–H groups in total. The highest BCUT2D eigenvalue weighted by Gasteiger charge is 1.97. The molecule has 52 valence electrons. The van der Waals surface area contributed by atoms with Crippen molar-refractivity contribution in [1.29, 1.82) is 0 Å². The molecule has 0 saturated carbocycles. The summed E-state index contributed by atoms with van der Waals surface area (Å²) in [4.78, 5) is 0. The standard InChI is InChI=1S/C5H12N4/c1-4-9(7-3)5(2)8-6/h3-4,6H2,1-2H3/b8-5-. The molecule has 0 bridgehead atoms. The molecule has 0 aromatic carbocycles. The molecule has 0 atom stereocenters. The van der Waals surface area contributed by atoms with Gasteiger partial charge in [-0.1, -0.05) is 0 Å². The normalized spacial score (nSPS) is 11.1. The van der Waals surface area contributed by atoms with Gasteiger partial charge in [-0.15, -0.1) is 0 Å². The van der Waals surface area contributed by atoms with Crippen LogP contribution in [0.5, 0.6) is 0 Å². The Bertz CT molecular complexity index is 118. The number of hydrogen-bond acceptors (Lipinski definition) is 3. The van der Waals surface area contributed by atoms with Gasteiger partial charge in [-0.3, -0.25) is 5.01 Å². The summed E-state index contributed by atoms with van der Waals surface area (Å²) >= 11 is 0. The summed E-state index contributed by atoms with van der Waals surface area (Å²) < 4.78 is 0. The summed E-state index contributed by atoms with van der Waals surface area (Å²) in [5, 5.41) is 8.70. The molecule has 0 saturated heterocycles. The number of nitrogens with two attached hydrogens (primary N) is 1.